The number of benzene rings is 3. The largest absolute Gasteiger partial charge is 0.497 e. The molecule has 0 atom stereocenters. The maximum absolute atomic E-state index is 12.9. The minimum Gasteiger partial charge on any atom is -0.497 e. The topological polar surface area (TPSA) is 93.7 Å². The molecule has 0 spiro atoms. The molecule has 1 amide bonds. The Bertz CT molecular complexity index is 1270. The number of rotatable bonds is 9. The quantitative estimate of drug-likeness (QED) is 0.398. The molecule has 0 bridgehead atoms. The lowest BCUT2D eigenvalue weighted by Gasteiger charge is -2.13. The van der Waals surface area contributed by atoms with Gasteiger partial charge in [0.25, 0.3) is 0 Å². The van der Waals surface area contributed by atoms with Gasteiger partial charge in [0.05, 0.1) is 25.5 Å². The van der Waals surface area contributed by atoms with Gasteiger partial charge in [-0.1, -0.05) is 51.8 Å². The first kappa shape index (κ1) is 25.0. The standard InChI is InChI=1S/C23H22BrClN2O5S/c1-31-19-8-7-16(22(13-19)32-2)14-26-33(29,30)20-11-17(24)10-18(12-20)27-23(28)9-15-5-3-4-6-21(15)25/h3-8,10-13,26H,9,14H2,1-2H3,(H,27,28). The summed E-state index contributed by atoms with van der Waals surface area (Å²) in [6.45, 7) is 0.0101. The maximum Gasteiger partial charge on any atom is 0.240 e. The van der Waals surface area contributed by atoms with E-state index in [-0.39, 0.29) is 23.8 Å². The fourth-order valence-corrected chi connectivity index (χ4v) is 4.99. The third-order valence-electron chi connectivity index (χ3n) is 4.72. The summed E-state index contributed by atoms with van der Waals surface area (Å²) in [5, 5.41) is 3.21. The van der Waals surface area contributed by atoms with Crippen molar-refractivity contribution in [3.05, 3.63) is 81.3 Å². The van der Waals surface area contributed by atoms with Crippen LogP contribution in [0.1, 0.15) is 11.1 Å². The number of carbonyl (C=O) groups excluding carboxylic acids is 1. The Morgan fingerprint density at radius 1 is 1.00 bits per heavy atom. The summed E-state index contributed by atoms with van der Waals surface area (Å²) >= 11 is 9.42. The Balaban J connectivity index is 1.75. The first-order valence-corrected chi connectivity index (χ1v) is 12.4. The summed E-state index contributed by atoms with van der Waals surface area (Å²) < 4.78 is 39.4. The number of sulfonamides is 1. The zero-order valence-electron chi connectivity index (χ0n) is 17.9. The first-order chi connectivity index (χ1) is 15.7. The van der Waals surface area contributed by atoms with Crippen molar-refractivity contribution in [1.82, 2.24) is 4.72 Å². The van der Waals surface area contributed by atoms with Gasteiger partial charge in [0.2, 0.25) is 15.9 Å². The zero-order valence-corrected chi connectivity index (χ0v) is 21.1. The average molecular weight is 554 g/mol. The number of carbonyl (C=O) groups is 1. The minimum atomic E-state index is -3.88. The molecule has 10 heteroatoms. The Hall–Kier alpha value is -2.59. The van der Waals surface area contributed by atoms with E-state index in [4.69, 9.17) is 21.1 Å². The number of methoxy groups -OCH3 is 2. The Labute approximate surface area is 206 Å². The highest BCUT2D eigenvalue weighted by Gasteiger charge is 2.18. The molecular weight excluding hydrogens is 532 g/mol. The highest BCUT2D eigenvalue weighted by atomic mass is 79.9. The third-order valence-corrected chi connectivity index (χ3v) is 6.93. The van der Waals surface area contributed by atoms with Crippen LogP contribution in [-0.2, 0) is 27.8 Å². The van der Waals surface area contributed by atoms with Gasteiger partial charge in [0, 0.05) is 33.4 Å². The molecule has 0 aliphatic rings. The Morgan fingerprint density at radius 3 is 2.45 bits per heavy atom. The second-order valence-corrected chi connectivity index (χ2v) is 10.1. The van der Waals surface area contributed by atoms with Crippen molar-refractivity contribution in [1.29, 1.82) is 0 Å². The van der Waals surface area contributed by atoms with E-state index in [1.54, 1.807) is 48.5 Å². The number of anilines is 1. The molecule has 2 N–H and O–H groups in total. The molecule has 0 fully saturated rings. The van der Waals surface area contributed by atoms with Gasteiger partial charge in [-0.15, -0.1) is 0 Å². The predicted molar refractivity (Wildman–Crippen MR) is 131 cm³/mol. The summed E-state index contributed by atoms with van der Waals surface area (Å²) in [4.78, 5) is 12.5. The minimum absolute atomic E-state index is 0.00241. The van der Waals surface area contributed by atoms with Crippen LogP contribution in [0.2, 0.25) is 5.02 Å². The van der Waals surface area contributed by atoms with Gasteiger partial charge in [-0.05, 0) is 35.9 Å². The van der Waals surface area contributed by atoms with Crippen molar-refractivity contribution in [2.24, 2.45) is 0 Å². The van der Waals surface area contributed by atoms with Gasteiger partial charge in [-0.2, -0.15) is 0 Å². The molecule has 0 aliphatic heterocycles. The number of amides is 1. The van der Waals surface area contributed by atoms with E-state index >= 15 is 0 Å². The van der Waals surface area contributed by atoms with E-state index in [0.29, 0.717) is 37.8 Å². The van der Waals surface area contributed by atoms with Crippen molar-refractivity contribution in [2.75, 3.05) is 19.5 Å². The van der Waals surface area contributed by atoms with Gasteiger partial charge in [-0.25, -0.2) is 13.1 Å². The molecule has 0 saturated carbocycles. The molecule has 0 saturated heterocycles. The fraction of sp³-hybridized carbons (Fsp3) is 0.174. The number of hydrogen-bond acceptors (Lipinski definition) is 5. The van der Waals surface area contributed by atoms with Gasteiger partial charge in [-0.3, -0.25) is 4.79 Å². The molecule has 0 unspecified atom stereocenters. The van der Waals surface area contributed by atoms with Gasteiger partial charge < -0.3 is 14.8 Å². The van der Waals surface area contributed by atoms with Crippen LogP contribution < -0.4 is 19.5 Å². The molecule has 3 aromatic rings. The van der Waals surface area contributed by atoms with Crippen LogP contribution in [0, 0.1) is 0 Å². The highest BCUT2D eigenvalue weighted by Crippen LogP contribution is 2.26. The molecule has 3 rings (SSSR count). The molecule has 0 aliphatic carbocycles. The lowest BCUT2D eigenvalue weighted by molar-refractivity contribution is -0.115. The molecule has 0 radical (unpaired) electrons. The predicted octanol–water partition coefficient (Wildman–Crippen LogP) is 4.78. The Morgan fingerprint density at radius 2 is 1.76 bits per heavy atom. The molecule has 33 heavy (non-hydrogen) atoms. The lowest BCUT2D eigenvalue weighted by atomic mass is 10.1. The molecule has 0 heterocycles. The van der Waals surface area contributed by atoms with E-state index in [0.717, 1.165) is 0 Å². The molecule has 3 aromatic carbocycles. The van der Waals surface area contributed by atoms with E-state index in [2.05, 4.69) is 26.0 Å². The second kappa shape index (κ2) is 11.0. The van der Waals surface area contributed by atoms with Crippen molar-refractivity contribution >= 4 is 49.1 Å². The second-order valence-electron chi connectivity index (χ2n) is 6.99. The number of nitrogens with one attached hydrogen (secondary N) is 2. The van der Waals surface area contributed by atoms with Crippen molar-refractivity contribution in [3.63, 3.8) is 0 Å². The van der Waals surface area contributed by atoms with Crippen LogP contribution in [0.3, 0.4) is 0 Å². The van der Waals surface area contributed by atoms with E-state index < -0.39 is 10.0 Å². The maximum atomic E-state index is 12.9. The van der Waals surface area contributed by atoms with Crippen LogP contribution in [-0.4, -0.2) is 28.5 Å². The molecule has 174 valence electrons. The number of hydrogen-bond donors (Lipinski definition) is 2. The van der Waals surface area contributed by atoms with Crippen LogP contribution in [0.4, 0.5) is 5.69 Å². The smallest absolute Gasteiger partial charge is 0.240 e. The van der Waals surface area contributed by atoms with Crippen LogP contribution in [0.5, 0.6) is 11.5 Å². The van der Waals surface area contributed by atoms with Gasteiger partial charge in [0.15, 0.2) is 0 Å². The van der Waals surface area contributed by atoms with Crippen LogP contribution >= 0.6 is 27.5 Å². The Kier molecular flexibility index (Phi) is 8.36. The lowest BCUT2D eigenvalue weighted by Crippen LogP contribution is -2.24. The third kappa shape index (κ3) is 6.70. The SMILES string of the molecule is COc1ccc(CNS(=O)(=O)c2cc(Br)cc(NC(=O)Cc3ccccc3Cl)c2)c(OC)c1. The van der Waals surface area contributed by atoms with E-state index in [1.807, 2.05) is 0 Å². The van der Waals surface area contributed by atoms with Gasteiger partial charge in [0.1, 0.15) is 11.5 Å². The van der Waals surface area contributed by atoms with Crippen LogP contribution in [0.15, 0.2) is 70.0 Å². The first-order valence-electron chi connectivity index (χ1n) is 9.76. The summed E-state index contributed by atoms with van der Waals surface area (Å²) in [6.07, 6.45) is 0.0593. The zero-order chi connectivity index (χ0) is 24.0. The van der Waals surface area contributed by atoms with Crippen molar-refractivity contribution in [2.45, 2.75) is 17.9 Å². The summed E-state index contributed by atoms with van der Waals surface area (Å²) in [7, 11) is -0.849. The summed E-state index contributed by atoms with van der Waals surface area (Å²) in [6, 6.07) is 16.6. The van der Waals surface area contributed by atoms with Gasteiger partial charge >= 0.3 is 0 Å². The molecular formula is C23H22BrClN2O5S. The molecule has 7 nitrogen and oxygen atoms in total. The summed E-state index contributed by atoms with van der Waals surface area (Å²) in [5.74, 6) is 0.780. The van der Waals surface area contributed by atoms with E-state index in [1.165, 1.54) is 26.4 Å². The average Bonchev–Trinajstić information content (AvgIpc) is 2.78. The molecule has 0 aromatic heterocycles. The summed E-state index contributed by atoms with van der Waals surface area (Å²) in [5.41, 5.74) is 1.66. The monoisotopic (exact) mass is 552 g/mol. The van der Waals surface area contributed by atoms with Crippen molar-refractivity contribution < 1.29 is 22.7 Å². The fourth-order valence-electron chi connectivity index (χ4n) is 3.06. The number of halogens is 2. The van der Waals surface area contributed by atoms with E-state index in [9.17, 15) is 13.2 Å². The normalized spacial score (nSPS) is 11.2. The highest BCUT2D eigenvalue weighted by molar-refractivity contribution is 9.10. The number of ether oxygens (including phenoxy) is 2. The van der Waals surface area contributed by atoms with Crippen LogP contribution in [0.25, 0.3) is 0 Å². The van der Waals surface area contributed by atoms with Crippen molar-refractivity contribution in [3.8, 4) is 11.5 Å².